The molecule has 0 heterocycles. The van der Waals surface area contributed by atoms with Crippen molar-refractivity contribution < 1.29 is 0 Å². The van der Waals surface area contributed by atoms with Gasteiger partial charge in [0, 0.05) is 11.0 Å². The lowest BCUT2D eigenvalue weighted by Crippen LogP contribution is -2.19. The number of halogens is 1. The van der Waals surface area contributed by atoms with Crippen LogP contribution in [-0.4, -0.2) is 24.2 Å². The summed E-state index contributed by atoms with van der Waals surface area (Å²) in [4.78, 5) is 2.32. The Morgan fingerprint density at radius 2 is 2.07 bits per heavy atom. The van der Waals surface area contributed by atoms with Gasteiger partial charge in [-0.3, -0.25) is 0 Å². The maximum atomic E-state index is 4.21. The Kier molecular flexibility index (Phi) is 5.60. The van der Waals surface area contributed by atoms with Crippen molar-refractivity contribution in [2.24, 2.45) is 0 Å². The molecule has 78 valence electrons. The molecule has 1 aromatic rings. The van der Waals surface area contributed by atoms with Crippen LogP contribution in [0.3, 0.4) is 0 Å². The molecule has 0 aliphatic rings. The maximum absolute atomic E-state index is 4.21. The van der Waals surface area contributed by atoms with Crippen LogP contribution < -0.4 is 0 Å². The van der Waals surface area contributed by atoms with E-state index in [0.29, 0.717) is 0 Å². The summed E-state index contributed by atoms with van der Waals surface area (Å²) in [6.45, 7) is 2.10. The highest BCUT2D eigenvalue weighted by molar-refractivity contribution is 9.10. The fourth-order valence-corrected chi connectivity index (χ4v) is 1.89. The average Bonchev–Trinajstić information content (AvgIpc) is 2.18. The molecule has 1 aromatic carbocycles. The number of hydrogen-bond donors (Lipinski definition) is 1. The Bertz CT molecular complexity index is 278. The number of nitrogens with zero attached hydrogens (tertiary/aromatic N) is 1. The van der Waals surface area contributed by atoms with Crippen molar-refractivity contribution in [3.8, 4) is 0 Å². The molecular weight excluding hydrogens is 258 g/mol. The molecule has 0 radical (unpaired) electrons. The van der Waals surface area contributed by atoms with Crippen LogP contribution in [0.1, 0.15) is 12.0 Å². The van der Waals surface area contributed by atoms with Crippen LogP contribution in [-0.2, 0) is 6.54 Å². The summed E-state index contributed by atoms with van der Waals surface area (Å²) < 4.78 is 1.19. The van der Waals surface area contributed by atoms with Gasteiger partial charge in [-0.25, -0.2) is 0 Å². The highest BCUT2D eigenvalue weighted by Crippen LogP contribution is 2.17. The maximum Gasteiger partial charge on any atom is 0.0241 e. The number of thiol groups is 1. The highest BCUT2D eigenvalue weighted by atomic mass is 79.9. The summed E-state index contributed by atoms with van der Waals surface area (Å²) in [5.74, 6) is 0.959. The van der Waals surface area contributed by atoms with E-state index in [9.17, 15) is 0 Å². The van der Waals surface area contributed by atoms with Crippen molar-refractivity contribution in [1.29, 1.82) is 0 Å². The van der Waals surface area contributed by atoms with Crippen LogP contribution in [0.5, 0.6) is 0 Å². The minimum atomic E-state index is 0.959. The SMILES string of the molecule is CN(CCCS)Cc1ccccc1Br. The van der Waals surface area contributed by atoms with Crippen LogP contribution in [0.4, 0.5) is 0 Å². The molecule has 0 aliphatic carbocycles. The van der Waals surface area contributed by atoms with Crippen LogP contribution in [0, 0.1) is 0 Å². The van der Waals surface area contributed by atoms with Crippen molar-refractivity contribution in [2.45, 2.75) is 13.0 Å². The topological polar surface area (TPSA) is 3.24 Å². The Hall–Kier alpha value is 0.01000. The van der Waals surface area contributed by atoms with Crippen LogP contribution in [0.15, 0.2) is 28.7 Å². The first-order valence-corrected chi connectivity index (χ1v) is 6.19. The molecule has 0 amide bonds. The van der Waals surface area contributed by atoms with Crippen molar-refractivity contribution in [3.05, 3.63) is 34.3 Å². The zero-order valence-electron chi connectivity index (χ0n) is 8.41. The van der Waals surface area contributed by atoms with Gasteiger partial charge in [-0.05, 0) is 37.4 Å². The van der Waals surface area contributed by atoms with Crippen LogP contribution >= 0.6 is 28.6 Å². The second-order valence-electron chi connectivity index (χ2n) is 3.41. The van der Waals surface area contributed by atoms with Gasteiger partial charge >= 0.3 is 0 Å². The Labute approximate surface area is 100 Å². The fourth-order valence-electron chi connectivity index (χ4n) is 1.34. The van der Waals surface area contributed by atoms with Crippen LogP contribution in [0.2, 0.25) is 0 Å². The predicted octanol–water partition coefficient (Wildman–Crippen LogP) is 3.20. The second-order valence-corrected chi connectivity index (χ2v) is 4.71. The van der Waals surface area contributed by atoms with Gasteiger partial charge in [0.25, 0.3) is 0 Å². The van der Waals surface area contributed by atoms with E-state index in [1.165, 1.54) is 10.0 Å². The molecule has 14 heavy (non-hydrogen) atoms. The lowest BCUT2D eigenvalue weighted by atomic mass is 10.2. The summed E-state index contributed by atoms with van der Waals surface area (Å²) in [7, 11) is 2.14. The molecule has 0 saturated heterocycles. The Balaban J connectivity index is 2.47. The quantitative estimate of drug-likeness (QED) is 0.807. The van der Waals surface area contributed by atoms with E-state index in [1.807, 2.05) is 6.07 Å². The van der Waals surface area contributed by atoms with Gasteiger partial charge in [-0.15, -0.1) is 0 Å². The normalized spacial score (nSPS) is 10.9. The lowest BCUT2D eigenvalue weighted by molar-refractivity contribution is 0.328. The molecule has 1 rings (SSSR count). The summed E-state index contributed by atoms with van der Waals surface area (Å²) in [5.41, 5.74) is 1.34. The molecule has 0 fully saturated rings. The zero-order valence-corrected chi connectivity index (χ0v) is 10.9. The molecule has 0 bridgehead atoms. The summed E-state index contributed by atoms with van der Waals surface area (Å²) in [6, 6.07) is 8.36. The lowest BCUT2D eigenvalue weighted by Gasteiger charge is -2.16. The largest absolute Gasteiger partial charge is 0.302 e. The molecule has 0 spiro atoms. The van der Waals surface area contributed by atoms with E-state index in [2.05, 4.69) is 58.7 Å². The first kappa shape index (κ1) is 12.1. The van der Waals surface area contributed by atoms with E-state index < -0.39 is 0 Å². The number of rotatable bonds is 5. The van der Waals surface area contributed by atoms with E-state index in [0.717, 1.165) is 25.3 Å². The van der Waals surface area contributed by atoms with Gasteiger partial charge in [0.1, 0.15) is 0 Å². The molecule has 0 saturated carbocycles. The summed E-state index contributed by atoms with van der Waals surface area (Å²) in [6.07, 6.45) is 1.14. The number of benzene rings is 1. The van der Waals surface area contributed by atoms with E-state index in [4.69, 9.17) is 0 Å². The van der Waals surface area contributed by atoms with Crippen molar-refractivity contribution in [1.82, 2.24) is 4.90 Å². The first-order chi connectivity index (χ1) is 6.74. The van der Waals surface area contributed by atoms with Gasteiger partial charge in [0.15, 0.2) is 0 Å². The van der Waals surface area contributed by atoms with E-state index in [1.54, 1.807) is 0 Å². The third-order valence-electron chi connectivity index (χ3n) is 2.10. The third-order valence-corrected chi connectivity index (χ3v) is 3.19. The summed E-state index contributed by atoms with van der Waals surface area (Å²) in [5, 5.41) is 0. The zero-order chi connectivity index (χ0) is 10.4. The summed E-state index contributed by atoms with van der Waals surface area (Å²) >= 11 is 7.76. The van der Waals surface area contributed by atoms with E-state index in [-0.39, 0.29) is 0 Å². The molecule has 1 nitrogen and oxygen atoms in total. The van der Waals surface area contributed by atoms with E-state index >= 15 is 0 Å². The van der Waals surface area contributed by atoms with Crippen LogP contribution in [0.25, 0.3) is 0 Å². The molecular formula is C11H16BrNS. The van der Waals surface area contributed by atoms with Gasteiger partial charge in [0.2, 0.25) is 0 Å². The van der Waals surface area contributed by atoms with Crippen molar-refractivity contribution >= 4 is 28.6 Å². The molecule has 0 N–H and O–H groups in total. The van der Waals surface area contributed by atoms with Gasteiger partial charge in [-0.1, -0.05) is 34.1 Å². The predicted molar refractivity (Wildman–Crippen MR) is 68.9 cm³/mol. The van der Waals surface area contributed by atoms with Gasteiger partial charge in [0.05, 0.1) is 0 Å². The average molecular weight is 274 g/mol. The number of hydrogen-bond acceptors (Lipinski definition) is 2. The smallest absolute Gasteiger partial charge is 0.0241 e. The molecule has 0 atom stereocenters. The Morgan fingerprint density at radius 1 is 1.36 bits per heavy atom. The van der Waals surface area contributed by atoms with Crippen molar-refractivity contribution in [3.63, 3.8) is 0 Å². The monoisotopic (exact) mass is 273 g/mol. The van der Waals surface area contributed by atoms with Gasteiger partial charge < -0.3 is 4.90 Å². The van der Waals surface area contributed by atoms with Crippen molar-refractivity contribution in [2.75, 3.05) is 19.3 Å². The fraction of sp³-hybridized carbons (Fsp3) is 0.455. The van der Waals surface area contributed by atoms with Gasteiger partial charge in [-0.2, -0.15) is 12.6 Å². The Morgan fingerprint density at radius 3 is 2.71 bits per heavy atom. The first-order valence-electron chi connectivity index (χ1n) is 4.77. The molecule has 0 unspecified atom stereocenters. The molecule has 0 aromatic heterocycles. The second kappa shape index (κ2) is 6.49. The molecule has 3 heteroatoms. The minimum absolute atomic E-state index is 0.959. The highest BCUT2D eigenvalue weighted by Gasteiger charge is 2.02. The minimum Gasteiger partial charge on any atom is -0.302 e. The standard InChI is InChI=1S/C11H16BrNS/c1-13(7-4-8-14)9-10-5-2-3-6-11(10)12/h2-3,5-6,14H,4,7-9H2,1H3. The third kappa shape index (κ3) is 4.03. The molecule has 0 aliphatic heterocycles.